The van der Waals surface area contributed by atoms with Crippen LogP contribution in [0.3, 0.4) is 0 Å². The zero-order valence-corrected chi connectivity index (χ0v) is 14.2. The highest BCUT2D eigenvalue weighted by Crippen LogP contribution is 2.19. The number of aryl methyl sites for hydroxylation is 3. The zero-order chi connectivity index (χ0) is 16.8. The smallest absolute Gasteiger partial charge is 0.224 e. The molecular weight excluding hydrogens is 313 g/mol. The number of amides is 1. The summed E-state index contributed by atoms with van der Waals surface area (Å²) in [7, 11) is 0. The first kappa shape index (κ1) is 17.5. The monoisotopic (exact) mass is 333 g/mol. The summed E-state index contributed by atoms with van der Waals surface area (Å²) in [6, 6.07) is 10.8. The molecular formula is C19H21ClFNO. The third-order valence-corrected chi connectivity index (χ3v) is 4.20. The van der Waals surface area contributed by atoms with E-state index in [1.807, 2.05) is 0 Å². The van der Waals surface area contributed by atoms with Crippen LogP contribution >= 0.6 is 11.6 Å². The van der Waals surface area contributed by atoms with E-state index in [0.29, 0.717) is 6.54 Å². The average molecular weight is 334 g/mol. The Morgan fingerprint density at radius 1 is 1.22 bits per heavy atom. The molecule has 2 aromatic carbocycles. The summed E-state index contributed by atoms with van der Waals surface area (Å²) in [5.41, 5.74) is 4.07. The van der Waals surface area contributed by atoms with E-state index in [1.165, 1.54) is 28.8 Å². The number of hydrogen-bond acceptors (Lipinski definition) is 1. The third kappa shape index (κ3) is 5.07. The van der Waals surface area contributed by atoms with E-state index in [0.717, 1.165) is 12.8 Å². The molecule has 0 unspecified atom stereocenters. The Labute approximate surface area is 141 Å². The Morgan fingerprint density at radius 3 is 2.70 bits per heavy atom. The summed E-state index contributed by atoms with van der Waals surface area (Å²) in [4.78, 5) is 11.9. The fourth-order valence-electron chi connectivity index (χ4n) is 2.56. The van der Waals surface area contributed by atoms with Crippen LogP contribution in [0.5, 0.6) is 0 Å². The van der Waals surface area contributed by atoms with Crippen molar-refractivity contribution < 1.29 is 9.18 Å². The molecule has 0 saturated heterocycles. The molecule has 0 heterocycles. The molecule has 2 aromatic rings. The summed E-state index contributed by atoms with van der Waals surface area (Å²) in [6.07, 6.45) is 1.72. The highest BCUT2D eigenvalue weighted by Gasteiger charge is 2.11. The number of hydrogen-bond donors (Lipinski definition) is 1. The first-order valence-corrected chi connectivity index (χ1v) is 8.11. The quantitative estimate of drug-likeness (QED) is 0.780. The van der Waals surface area contributed by atoms with Gasteiger partial charge in [0.25, 0.3) is 0 Å². The molecule has 0 bridgehead atoms. The number of benzene rings is 2. The highest BCUT2D eigenvalue weighted by atomic mass is 35.5. The lowest BCUT2D eigenvalue weighted by Crippen LogP contribution is -2.26. The van der Waals surface area contributed by atoms with Crippen molar-refractivity contribution in [1.29, 1.82) is 0 Å². The summed E-state index contributed by atoms with van der Waals surface area (Å²) >= 11 is 5.93. The largest absolute Gasteiger partial charge is 0.356 e. The SMILES string of the molecule is Cc1ccc(CCCNC(=O)Cc2c(F)cccc2Cl)c(C)c1. The van der Waals surface area contributed by atoms with Crippen LogP contribution < -0.4 is 5.32 Å². The molecule has 0 saturated carbocycles. The highest BCUT2D eigenvalue weighted by molar-refractivity contribution is 6.31. The van der Waals surface area contributed by atoms with Gasteiger partial charge in [-0.2, -0.15) is 0 Å². The lowest BCUT2D eigenvalue weighted by molar-refractivity contribution is -0.120. The molecule has 122 valence electrons. The molecule has 0 radical (unpaired) electrons. The van der Waals surface area contributed by atoms with Crippen molar-refractivity contribution >= 4 is 17.5 Å². The maximum absolute atomic E-state index is 13.6. The van der Waals surface area contributed by atoms with Crippen molar-refractivity contribution in [2.45, 2.75) is 33.1 Å². The van der Waals surface area contributed by atoms with Crippen molar-refractivity contribution in [3.63, 3.8) is 0 Å². The molecule has 0 aliphatic heterocycles. The van der Waals surface area contributed by atoms with Crippen molar-refractivity contribution in [1.82, 2.24) is 5.32 Å². The minimum atomic E-state index is -0.442. The fourth-order valence-corrected chi connectivity index (χ4v) is 2.79. The second-order valence-electron chi connectivity index (χ2n) is 5.76. The number of rotatable bonds is 6. The van der Waals surface area contributed by atoms with Crippen LogP contribution in [0, 0.1) is 19.7 Å². The first-order chi connectivity index (χ1) is 11.0. The van der Waals surface area contributed by atoms with Gasteiger partial charge in [0.1, 0.15) is 5.82 Å². The van der Waals surface area contributed by atoms with E-state index in [2.05, 4.69) is 37.4 Å². The number of carbonyl (C=O) groups excluding carboxylic acids is 1. The van der Waals surface area contributed by atoms with Crippen LogP contribution in [0.2, 0.25) is 5.02 Å². The molecule has 23 heavy (non-hydrogen) atoms. The van der Waals surface area contributed by atoms with E-state index in [9.17, 15) is 9.18 Å². The third-order valence-electron chi connectivity index (χ3n) is 3.84. The standard InChI is InChI=1S/C19H21ClFNO/c1-13-8-9-15(14(2)11-13)5-4-10-22-19(23)12-16-17(20)6-3-7-18(16)21/h3,6-9,11H,4-5,10,12H2,1-2H3,(H,22,23). The van der Waals surface area contributed by atoms with Gasteiger partial charge in [-0.1, -0.05) is 41.4 Å². The minimum absolute atomic E-state index is 0.0327. The summed E-state index contributed by atoms with van der Waals surface area (Å²) < 4.78 is 13.6. The Bertz CT molecular complexity index is 680. The number of nitrogens with one attached hydrogen (secondary N) is 1. The second-order valence-corrected chi connectivity index (χ2v) is 6.17. The number of halogens is 2. The van der Waals surface area contributed by atoms with Gasteiger partial charge in [-0.25, -0.2) is 4.39 Å². The van der Waals surface area contributed by atoms with Gasteiger partial charge in [0.15, 0.2) is 0 Å². The van der Waals surface area contributed by atoms with E-state index in [-0.39, 0.29) is 22.9 Å². The normalized spacial score (nSPS) is 10.6. The molecule has 0 atom stereocenters. The topological polar surface area (TPSA) is 29.1 Å². The van der Waals surface area contributed by atoms with Gasteiger partial charge >= 0.3 is 0 Å². The van der Waals surface area contributed by atoms with E-state index in [4.69, 9.17) is 11.6 Å². The molecule has 4 heteroatoms. The maximum Gasteiger partial charge on any atom is 0.224 e. The van der Waals surface area contributed by atoms with Crippen LogP contribution in [-0.2, 0) is 17.6 Å². The van der Waals surface area contributed by atoms with Gasteiger partial charge in [0.2, 0.25) is 5.91 Å². The van der Waals surface area contributed by atoms with Gasteiger partial charge in [0, 0.05) is 17.1 Å². The molecule has 0 aliphatic rings. The Balaban J connectivity index is 1.79. The molecule has 0 fully saturated rings. The van der Waals surface area contributed by atoms with Crippen LogP contribution in [0.1, 0.15) is 28.7 Å². The lowest BCUT2D eigenvalue weighted by atomic mass is 10.0. The summed E-state index contributed by atoms with van der Waals surface area (Å²) in [5, 5.41) is 3.11. The van der Waals surface area contributed by atoms with Crippen LogP contribution in [0.4, 0.5) is 4.39 Å². The van der Waals surface area contributed by atoms with Gasteiger partial charge in [-0.3, -0.25) is 4.79 Å². The van der Waals surface area contributed by atoms with Crippen molar-refractivity contribution in [2.24, 2.45) is 0 Å². The summed E-state index contributed by atoms with van der Waals surface area (Å²) in [6.45, 7) is 4.74. The van der Waals surface area contributed by atoms with E-state index in [1.54, 1.807) is 6.07 Å². The van der Waals surface area contributed by atoms with Crippen molar-refractivity contribution in [3.8, 4) is 0 Å². The number of carbonyl (C=O) groups is 1. The van der Waals surface area contributed by atoms with Gasteiger partial charge in [0.05, 0.1) is 6.42 Å². The lowest BCUT2D eigenvalue weighted by Gasteiger charge is -2.09. The van der Waals surface area contributed by atoms with Gasteiger partial charge in [-0.15, -0.1) is 0 Å². The Kier molecular flexibility index (Phi) is 6.17. The molecule has 1 amide bonds. The molecule has 1 N–H and O–H groups in total. The Morgan fingerprint density at radius 2 is 2.00 bits per heavy atom. The molecule has 2 rings (SSSR count). The van der Waals surface area contributed by atoms with Gasteiger partial charge < -0.3 is 5.32 Å². The Hall–Kier alpha value is -1.87. The average Bonchev–Trinajstić information content (AvgIpc) is 2.49. The van der Waals surface area contributed by atoms with Crippen molar-refractivity contribution in [3.05, 3.63) is 69.5 Å². The maximum atomic E-state index is 13.6. The molecule has 2 nitrogen and oxygen atoms in total. The van der Waals surface area contributed by atoms with E-state index >= 15 is 0 Å². The molecule has 0 aliphatic carbocycles. The predicted molar refractivity (Wildman–Crippen MR) is 92.4 cm³/mol. The van der Waals surface area contributed by atoms with Crippen LogP contribution in [-0.4, -0.2) is 12.5 Å². The van der Waals surface area contributed by atoms with Crippen LogP contribution in [0.15, 0.2) is 36.4 Å². The fraction of sp³-hybridized carbons (Fsp3) is 0.316. The minimum Gasteiger partial charge on any atom is -0.356 e. The zero-order valence-electron chi connectivity index (χ0n) is 13.5. The predicted octanol–water partition coefficient (Wildman–Crippen LogP) is 4.39. The first-order valence-electron chi connectivity index (χ1n) is 7.73. The van der Waals surface area contributed by atoms with Gasteiger partial charge in [-0.05, 0) is 49.9 Å². The van der Waals surface area contributed by atoms with E-state index < -0.39 is 5.82 Å². The van der Waals surface area contributed by atoms with Crippen molar-refractivity contribution in [2.75, 3.05) is 6.54 Å². The molecule has 0 aromatic heterocycles. The molecule has 0 spiro atoms. The second kappa shape index (κ2) is 8.11. The van der Waals surface area contributed by atoms with Crippen LogP contribution in [0.25, 0.3) is 0 Å². The summed E-state index contributed by atoms with van der Waals surface area (Å²) in [5.74, 6) is -0.652.